The lowest BCUT2D eigenvalue weighted by molar-refractivity contribution is -0.384. The summed E-state index contributed by atoms with van der Waals surface area (Å²) in [5, 5.41) is 14.0. The van der Waals surface area contributed by atoms with Crippen molar-refractivity contribution in [2.45, 2.75) is 0 Å². The topological polar surface area (TPSA) is 58.4 Å². The largest absolute Gasteiger partial charge is 0.369 e. The van der Waals surface area contributed by atoms with Crippen LogP contribution in [0.4, 0.5) is 11.4 Å². The Bertz CT molecular complexity index is 617. The second-order valence-corrected chi connectivity index (χ2v) is 5.09. The molecule has 3 rings (SSSR count). The van der Waals surface area contributed by atoms with Crippen LogP contribution in [0.2, 0.25) is 0 Å². The number of nitro benzene ring substituents is 1. The molecule has 0 amide bonds. The minimum absolute atomic E-state index is 0.121. The van der Waals surface area contributed by atoms with Crippen LogP contribution in [0, 0.1) is 10.1 Å². The number of nitrogens with one attached hydrogen (secondary N) is 1. The zero-order chi connectivity index (χ0) is 14.7. The van der Waals surface area contributed by atoms with Crippen molar-refractivity contribution in [3.8, 4) is 11.1 Å². The van der Waals surface area contributed by atoms with Gasteiger partial charge in [-0.3, -0.25) is 10.1 Å². The highest BCUT2D eigenvalue weighted by Crippen LogP contribution is 2.25. The number of anilines is 1. The molecular formula is C16H17N3O2. The third kappa shape index (κ3) is 3.03. The minimum Gasteiger partial charge on any atom is -0.369 e. The van der Waals surface area contributed by atoms with Gasteiger partial charge in [0.15, 0.2) is 0 Å². The molecule has 1 fully saturated rings. The van der Waals surface area contributed by atoms with Gasteiger partial charge in [-0.15, -0.1) is 0 Å². The van der Waals surface area contributed by atoms with Crippen LogP contribution in [0.1, 0.15) is 0 Å². The van der Waals surface area contributed by atoms with E-state index in [4.69, 9.17) is 0 Å². The van der Waals surface area contributed by atoms with Gasteiger partial charge in [0.1, 0.15) is 0 Å². The molecule has 108 valence electrons. The molecule has 0 radical (unpaired) electrons. The van der Waals surface area contributed by atoms with E-state index in [2.05, 4.69) is 34.5 Å². The number of nitro groups is 1. The molecule has 1 N–H and O–H groups in total. The molecule has 1 aliphatic heterocycles. The van der Waals surface area contributed by atoms with E-state index in [0.717, 1.165) is 37.3 Å². The van der Waals surface area contributed by atoms with Gasteiger partial charge in [-0.1, -0.05) is 12.1 Å². The zero-order valence-corrected chi connectivity index (χ0v) is 11.7. The first-order chi connectivity index (χ1) is 10.2. The number of benzene rings is 2. The molecule has 2 aromatic carbocycles. The molecule has 0 aromatic heterocycles. The van der Waals surface area contributed by atoms with E-state index in [1.807, 2.05) is 0 Å². The summed E-state index contributed by atoms with van der Waals surface area (Å²) in [7, 11) is 0. The predicted octanol–water partition coefficient (Wildman–Crippen LogP) is 2.67. The number of non-ortho nitro benzene ring substituents is 1. The smallest absolute Gasteiger partial charge is 0.269 e. The summed E-state index contributed by atoms with van der Waals surface area (Å²) >= 11 is 0. The second kappa shape index (κ2) is 5.93. The molecule has 5 nitrogen and oxygen atoms in total. The fourth-order valence-corrected chi connectivity index (χ4v) is 2.56. The number of hydrogen-bond donors (Lipinski definition) is 1. The van der Waals surface area contributed by atoms with Gasteiger partial charge in [0, 0.05) is 44.0 Å². The van der Waals surface area contributed by atoms with Crippen molar-refractivity contribution >= 4 is 11.4 Å². The molecule has 0 unspecified atom stereocenters. The summed E-state index contributed by atoms with van der Waals surface area (Å²) < 4.78 is 0. The first kappa shape index (κ1) is 13.6. The van der Waals surface area contributed by atoms with Gasteiger partial charge in [-0.25, -0.2) is 0 Å². The summed E-state index contributed by atoms with van der Waals surface area (Å²) in [5.41, 5.74) is 3.41. The van der Waals surface area contributed by atoms with Crippen LogP contribution in [0.25, 0.3) is 11.1 Å². The van der Waals surface area contributed by atoms with Gasteiger partial charge in [-0.05, 0) is 35.4 Å². The molecule has 0 aliphatic carbocycles. The van der Waals surface area contributed by atoms with Crippen molar-refractivity contribution in [3.63, 3.8) is 0 Å². The Morgan fingerprint density at radius 3 is 1.95 bits per heavy atom. The predicted molar refractivity (Wildman–Crippen MR) is 83.6 cm³/mol. The lowest BCUT2D eigenvalue weighted by Crippen LogP contribution is -2.43. The van der Waals surface area contributed by atoms with E-state index in [9.17, 15) is 10.1 Å². The molecule has 0 spiro atoms. The average molecular weight is 283 g/mol. The van der Waals surface area contributed by atoms with Gasteiger partial charge in [0.2, 0.25) is 0 Å². The third-order valence-electron chi connectivity index (χ3n) is 3.76. The molecule has 21 heavy (non-hydrogen) atoms. The molecule has 0 atom stereocenters. The van der Waals surface area contributed by atoms with Crippen molar-refractivity contribution in [1.29, 1.82) is 0 Å². The molecule has 5 heteroatoms. The van der Waals surface area contributed by atoms with Crippen LogP contribution >= 0.6 is 0 Å². The van der Waals surface area contributed by atoms with Crippen LogP contribution in [0.15, 0.2) is 48.5 Å². The summed E-state index contributed by atoms with van der Waals surface area (Å²) in [4.78, 5) is 12.6. The lowest BCUT2D eigenvalue weighted by atomic mass is 10.0. The molecule has 1 heterocycles. The number of nitrogens with zero attached hydrogens (tertiary/aromatic N) is 2. The Kier molecular flexibility index (Phi) is 3.83. The van der Waals surface area contributed by atoms with Crippen LogP contribution in [0.3, 0.4) is 0 Å². The summed E-state index contributed by atoms with van der Waals surface area (Å²) in [6, 6.07) is 15.0. The number of rotatable bonds is 3. The second-order valence-electron chi connectivity index (χ2n) is 5.09. The van der Waals surface area contributed by atoms with Crippen molar-refractivity contribution in [2.24, 2.45) is 0 Å². The molecule has 2 aromatic rings. The monoisotopic (exact) mass is 283 g/mol. The van der Waals surface area contributed by atoms with Gasteiger partial charge in [0.25, 0.3) is 5.69 Å². The number of piperazine rings is 1. The fourth-order valence-electron chi connectivity index (χ4n) is 2.56. The Balaban J connectivity index is 1.78. The highest BCUT2D eigenvalue weighted by molar-refractivity contribution is 5.67. The van der Waals surface area contributed by atoms with E-state index in [0.29, 0.717) is 0 Å². The Hall–Kier alpha value is -2.40. The normalized spacial score (nSPS) is 15.0. The quantitative estimate of drug-likeness (QED) is 0.695. The average Bonchev–Trinajstić information content (AvgIpc) is 2.56. The Labute approximate surface area is 123 Å². The van der Waals surface area contributed by atoms with Crippen LogP contribution in [-0.4, -0.2) is 31.1 Å². The lowest BCUT2D eigenvalue weighted by Gasteiger charge is -2.29. The Morgan fingerprint density at radius 2 is 1.43 bits per heavy atom. The van der Waals surface area contributed by atoms with Gasteiger partial charge in [-0.2, -0.15) is 0 Å². The van der Waals surface area contributed by atoms with E-state index in [1.165, 1.54) is 5.69 Å². The maximum atomic E-state index is 10.7. The van der Waals surface area contributed by atoms with E-state index < -0.39 is 0 Å². The highest BCUT2D eigenvalue weighted by Gasteiger charge is 2.10. The Morgan fingerprint density at radius 1 is 0.905 bits per heavy atom. The van der Waals surface area contributed by atoms with Crippen LogP contribution in [-0.2, 0) is 0 Å². The maximum absolute atomic E-state index is 10.7. The van der Waals surface area contributed by atoms with Crippen molar-refractivity contribution in [3.05, 3.63) is 58.6 Å². The first-order valence-corrected chi connectivity index (χ1v) is 7.04. The van der Waals surface area contributed by atoms with Crippen molar-refractivity contribution in [2.75, 3.05) is 31.1 Å². The first-order valence-electron chi connectivity index (χ1n) is 7.04. The minimum atomic E-state index is -0.378. The van der Waals surface area contributed by atoms with Crippen LogP contribution < -0.4 is 10.2 Å². The van der Waals surface area contributed by atoms with Gasteiger partial charge in [0.05, 0.1) is 4.92 Å². The SMILES string of the molecule is O=[N+]([O-])c1ccc(-c2ccc(N3CCNCC3)cc2)cc1. The summed E-state index contributed by atoms with van der Waals surface area (Å²) in [6.45, 7) is 4.09. The van der Waals surface area contributed by atoms with E-state index in [-0.39, 0.29) is 10.6 Å². The summed E-state index contributed by atoms with van der Waals surface area (Å²) in [5.74, 6) is 0. The fraction of sp³-hybridized carbons (Fsp3) is 0.250. The molecule has 1 saturated heterocycles. The van der Waals surface area contributed by atoms with Crippen molar-refractivity contribution in [1.82, 2.24) is 5.32 Å². The molecule has 0 saturated carbocycles. The third-order valence-corrected chi connectivity index (χ3v) is 3.76. The van der Waals surface area contributed by atoms with Gasteiger partial charge < -0.3 is 10.2 Å². The molecule has 0 bridgehead atoms. The van der Waals surface area contributed by atoms with E-state index >= 15 is 0 Å². The van der Waals surface area contributed by atoms with Crippen LogP contribution in [0.5, 0.6) is 0 Å². The maximum Gasteiger partial charge on any atom is 0.269 e. The van der Waals surface area contributed by atoms with E-state index in [1.54, 1.807) is 24.3 Å². The van der Waals surface area contributed by atoms with Gasteiger partial charge >= 0.3 is 0 Å². The molecule has 1 aliphatic rings. The standard InChI is InChI=1S/C16H17N3O2/c20-19(21)16-7-3-14(4-8-16)13-1-5-15(6-2-13)18-11-9-17-10-12-18/h1-8,17H,9-12H2. The number of hydrogen-bond acceptors (Lipinski definition) is 4. The van der Waals surface area contributed by atoms with Crippen molar-refractivity contribution < 1.29 is 4.92 Å². The highest BCUT2D eigenvalue weighted by atomic mass is 16.6. The zero-order valence-electron chi connectivity index (χ0n) is 11.7. The molecular weight excluding hydrogens is 266 g/mol. The summed E-state index contributed by atoms with van der Waals surface area (Å²) in [6.07, 6.45) is 0.